The number of hydrogen-bond donors (Lipinski definition) is 1. The fraction of sp³-hybridized carbons (Fsp3) is 0.316. The monoisotopic (exact) mass is 327 g/mol. The maximum Gasteiger partial charge on any atom is 0.130 e. The van der Waals surface area contributed by atoms with Crippen LogP contribution in [0.15, 0.2) is 47.6 Å². The molecule has 0 saturated heterocycles. The van der Waals surface area contributed by atoms with Gasteiger partial charge in [0.15, 0.2) is 0 Å². The Balaban J connectivity index is 2.23. The fourth-order valence-electron chi connectivity index (χ4n) is 2.54. The first-order chi connectivity index (χ1) is 11.7. The minimum Gasteiger partial charge on any atom is -0.497 e. The fourth-order valence-corrected chi connectivity index (χ4v) is 2.54. The Bertz CT molecular complexity index is 682. The van der Waals surface area contributed by atoms with Gasteiger partial charge in [0.25, 0.3) is 0 Å². The largest absolute Gasteiger partial charge is 0.497 e. The number of anilines is 1. The van der Waals surface area contributed by atoms with Crippen molar-refractivity contribution in [2.24, 2.45) is 10.9 Å². The molecule has 2 rings (SSSR count). The maximum atomic E-state index is 6.03. The molecular formula is C19H25N3O2. The third kappa shape index (κ3) is 4.41. The predicted octanol–water partition coefficient (Wildman–Crippen LogP) is 3.41. The molecule has 5 heteroatoms. The Kier molecular flexibility index (Phi) is 6.49. The summed E-state index contributed by atoms with van der Waals surface area (Å²) in [4.78, 5) is 2.27. The van der Waals surface area contributed by atoms with E-state index in [2.05, 4.69) is 29.9 Å². The number of hydrazone groups is 1. The number of methoxy groups -OCH3 is 1. The van der Waals surface area contributed by atoms with Crippen molar-refractivity contribution in [2.45, 2.75) is 20.5 Å². The average molecular weight is 327 g/mol. The molecule has 2 aromatic rings. The Labute approximate surface area is 143 Å². The van der Waals surface area contributed by atoms with Crippen LogP contribution in [-0.2, 0) is 6.61 Å². The van der Waals surface area contributed by atoms with Gasteiger partial charge in [-0.25, -0.2) is 0 Å². The molecule has 0 spiro atoms. The zero-order chi connectivity index (χ0) is 17.4. The number of ether oxygens (including phenoxy) is 2. The van der Waals surface area contributed by atoms with Crippen molar-refractivity contribution >= 4 is 11.9 Å². The minimum absolute atomic E-state index is 0.449. The second-order valence-electron chi connectivity index (χ2n) is 5.31. The summed E-state index contributed by atoms with van der Waals surface area (Å²) in [5, 5.41) is 3.63. The first-order valence-electron chi connectivity index (χ1n) is 8.09. The van der Waals surface area contributed by atoms with Gasteiger partial charge < -0.3 is 20.2 Å². The van der Waals surface area contributed by atoms with Crippen molar-refractivity contribution in [3.05, 3.63) is 53.6 Å². The summed E-state index contributed by atoms with van der Waals surface area (Å²) in [5.74, 6) is 6.89. The standard InChI is InChI=1S/C19H25N3O2/c1-4-22(5-2)17-10-9-16(13-21-20)19(12-17)24-14-15-7-6-8-18(11-15)23-3/h6-13H,4-5,14,20H2,1-3H3/b21-13+. The van der Waals surface area contributed by atoms with Gasteiger partial charge in [0, 0.05) is 30.4 Å². The van der Waals surface area contributed by atoms with Crippen LogP contribution in [0.25, 0.3) is 0 Å². The highest BCUT2D eigenvalue weighted by Crippen LogP contribution is 2.26. The van der Waals surface area contributed by atoms with Gasteiger partial charge in [0.2, 0.25) is 0 Å². The molecule has 0 fully saturated rings. The van der Waals surface area contributed by atoms with E-state index in [-0.39, 0.29) is 0 Å². The van der Waals surface area contributed by atoms with E-state index in [1.54, 1.807) is 13.3 Å². The summed E-state index contributed by atoms with van der Waals surface area (Å²) in [6.07, 6.45) is 1.60. The van der Waals surface area contributed by atoms with Gasteiger partial charge in [-0.1, -0.05) is 12.1 Å². The van der Waals surface area contributed by atoms with Gasteiger partial charge in [-0.3, -0.25) is 0 Å². The topological polar surface area (TPSA) is 60.1 Å². The Morgan fingerprint density at radius 3 is 2.58 bits per heavy atom. The Hall–Kier alpha value is -2.69. The minimum atomic E-state index is 0.449. The molecule has 0 unspecified atom stereocenters. The molecular weight excluding hydrogens is 302 g/mol. The predicted molar refractivity (Wildman–Crippen MR) is 99.1 cm³/mol. The summed E-state index contributed by atoms with van der Waals surface area (Å²) in [5.41, 5.74) is 3.02. The van der Waals surface area contributed by atoms with Crippen molar-refractivity contribution in [1.29, 1.82) is 0 Å². The highest BCUT2D eigenvalue weighted by molar-refractivity contribution is 5.84. The van der Waals surface area contributed by atoms with Gasteiger partial charge in [0.1, 0.15) is 18.1 Å². The molecule has 128 valence electrons. The molecule has 2 N–H and O–H groups in total. The van der Waals surface area contributed by atoms with E-state index in [0.717, 1.165) is 41.4 Å². The molecule has 0 amide bonds. The van der Waals surface area contributed by atoms with Crippen LogP contribution in [-0.4, -0.2) is 26.4 Å². The van der Waals surface area contributed by atoms with E-state index >= 15 is 0 Å². The lowest BCUT2D eigenvalue weighted by Crippen LogP contribution is -2.21. The molecule has 0 aliphatic carbocycles. The van der Waals surface area contributed by atoms with E-state index < -0.39 is 0 Å². The van der Waals surface area contributed by atoms with Crippen molar-refractivity contribution in [2.75, 3.05) is 25.1 Å². The van der Waals surface area contributed by atoms with Gasteiger partial charge >= 0.3 is 0 Å². The Morgan fingerprint density at radius 1 is 1.12 bits per heavy atom. The first kappa shape index (κ1) is 17.7. The summed E-state index contributed by atoms with van der Waals surface area (Å²) in [6, 6.07) is 13.9. The summed E-state index contributed by atoms with van der Waals surface area (Å²) < 4.78 is 11.3. The zero-order valence-electron chi connectivity index (χ0n) is 14.5. The van der Waals surface area contributed by atoms with Crippen LogP contribution < -0.4 is 20.2 Å². The molecule has 0 bridgehead atoms. The van der Waals surface area contributed by atoms with E-state index in [4.69, 9.17) is 15.3 Å². The van der Waals surface area contributed by atoms with Crippen molar-refractivity contribution in [3.8, 4) is 11.5 Å². The second kappa shape index (κ2) is 8.82. The first-order valence-corrected chi connectivity index (χ1v) is 8.09. The smallest absolute Gasteiger partial charge is 0.130 e. The summed E-state index contributed by atoms with van der Waals surface area (Å²) in [6.45, 7) is 6.60. The molecule has 0 radical (unpaired) electrons. The third-order valence-corrected chi connectivity index (χ3v) is 3.87. The second-order valence-corrected chi connectivity index (χ2v) is 5.31. The number of hydrogen-bond acceptors (Lipinski definition) is 5. The lowest BCUT2D eigenvalue weighted by atomic mass is 10.1. The van der Waals surface area contributed by atoms with Crippen LogP contribution in [0.1, 0.15) is 25.0 Å². The van der Waals surface area contributed by atoms with Crippen LogP contribution in [0.2, 0.25) is 0 Å². The van der Waals surface area contributed by atoms with Gasteiger partial charge in [-0.15, -0.1) is 0 Å². The molecule has 0 atom stereocenters. The van der Waals surface area contributed by atoms with Gasteiger partial charge in [-0.2, -0.15) is 5.10 Å². The number of nitrogens with zero attached hydrogens (tertiary/aromatic N) is 2. The highest BCUT2D eigenvalue weighted by atomic mass is 16.5. The van der Waals surface area contributed by atoms with Crippen LogP contribution in [0.5, 0.6) is 11.5 Å². The van der Waals surface area contributed by atoms with Crippen LogP contribution in [0.4, 0.5) is 5.69 Å². The maximum absolute atomic E-state index is 6.03. The van der Waals surface area contributed by atoms with Crippen LogP contribution in [0, 0.1) is 0 Å². The molecule has 0 aliphatic rings. The summed E-state index contributed by atoms with van der Waals surface area (Å²) in [7, 11) is 1.66. The molecule has 0 saturated carbocycles. The highest BCUT2D eigenvalue weighted by Gasteiger charge is 2.08. The van der Waals surface area contributed by atoms with Crippen molar-refractivity contribution in [1.82, 2.24) is 0 Å². The molecule has 0 heterocycles. The molecule has 0 aliphatic heterocycles. The van der Waals surface area contributed by atoms with Gasteiger partial charge in [-0.05, 0) is 43.7 Å². The Morgan fingerprint density at radius 2 is 1.92 bits per heavy atom. The van der Waals surface area contributed by atoms with E-state index in [0.29, 0.717) is 6.61 Å². The quantitative estimate of drug-likeness (QED) is 0.458. The number of benzene rings is 2. The van der Waals surface area contributed by atoms with E-state index in [9.17, 15) is 0 Å². The number of nitrogens with two attached hydrogens (primary N) is 1. The van der Waals surface area contributed by atoms with Crippen LogP contribution in [0.3, 0.4) is 0 Å². The lowest BCUT2D eigenvalue weighted by molar-refractivity contribution is 0.305. The van der Waals surface area contributed by atoms with Gasteiger partial charge in [0.05, 0.1) is 13.3 Å². The number of rotatable bonds is 8. The lowest BCUT2D eigenvalue weighted by Gasteiger charge is -2.22. The molecule has 5 nitrogen and oxygen atoms in total. The molecule has 0 aromatic heterocycles. The molecule has 24 heavy (non-hydrogen) atoms. The van der Waals surface area contributed by atoms with E-state index in [1.807, 2.05) is 36.4 Å². The van der Waals surface area contributed by atoms with Crippen molar-refractivity contribution in [3.63, 3.8) is 0 Å². The zero-order valence-corrected chi connectivity index (χ0v) is 14.5. The van der Waals surface area contributed by atoms with Crippen molar-refractivity contribution < 1.29 is 9.47 Å². The van der Waals surface area contributed by atoms with E-state index in [1.165, 1.54) is 0 Å². The molecule has 2 aromatic carbocycles. The SMILES string of the molecule is CCN(CC)c1ccc(/C=N/N)c(OCc2cccc(OC)c2)c1. The summed E-state index contributed by atoms with van der Waals surface area (Å²) >= 11 is 0. The average Bonchev–Trinajstić information content (AvgIpc) is 2.63. The third-order valence-electron chi connectivity index (χ3n) is 3.87. The normalized spacial score (nSPS) is 10.8. The van der Waals surface area contributed by atoms with Crippen LogP contribution >= 0.6 is 0 Å².